The summed E-state index contributed by atoms with van der Waals surface area (Å²) in [5.74, 6) is 0. The van der Waals surface area contributed by atoms with Crippen LogP contribution in [-0.2, 0) is 0 Å². The molecule has 3 heterocycles. The standard InChI is InChI=1S/C36H27N3/c1-24-25(2)36(39(30-14-7-4-8-15-30)35(24)27-11-5-3-6-12-27)28-19-17-26(18-20-28)32-23-29-13-9-21-37-33(29)34-31(32)16-10-22-38-34/h3-23H,1-2H3. The molecule has 0 atom stereocenters. The molecule has 3 heteroatoms. The van der Waals surface area contributed by atoms with Crippen molar-refractivity contribution < 1.29 is 0 Å². The summed E-state index contributed by atoms with van der Waals surface area (Å²) >= 11 is 0. The monoisotopic (exact) mass is 501 g/mol. The maximum Gasteiger partial charge on any atom is 0.0970 e. The van der Waals surface area contributed by atoms with Crippen LogP contribution in [0.5, 0.6) is 0 Å². The summed E-state index contributed by atoms with van der Waals surface area (Å²) in [6.07, 6.45) is 3.68. The van der Waals surface area contributed by atoms with E-state index < -0.39 is 0 Å². The Morgan fingerprint density at radius 1 is 0.513 bits per heavy atom. The van der Waals surface area contributed by atoms with Crippen LogP contribution in [0.2, 0.25) is 0 Å². The summed E-state index contributed by atoms with van der Waals surface area (Å²) in [4.78, 5) is 9.31. The molecular weight excluding hydrogens is 474 g/mol. The summed E-state index contributed by atoms with van der Waals surface area (Å²) in [6, 6.07) is 40.8. The molecule has 39 heavy (non-hydrogen) atoms. The highest BCUT2D eigenvalue weighted by atomic mass is 15.0. The van der Waals surface area contributed by atoms with Gasteiger partial charge in [-0.25, -0.2) is 0 Å². The van der Waals surface area contributed by atoms with Crippen LogP contribution in [-0.4, -0.2) is 14.5 Å². The third-order valence-corrected chi connectivity index (χ3v) is 7.71. The van der Waals surface area contributed by atoms with Crippen molar-refractivity contribution in [2.75, 3.05) is 0 Å². The third-order valence-electron chi connectivity index (χ3n) is 7.71. The largest absolute Gasteiger partial charge is 0.309 e. The minimum atomic E-state index is 0.937. The number of rotatable bonds is 4. The van der Waals surface area contributed by atoms with Crippen LogP contribution in [0, 0.1) is 13.8 Å². The van der Waals surface area contributed by atoms with Gasteiger partial charge in [0.15, 0.2) is 0 Å². The quantitative estimate of drug-likeness (QED) is 0.225. The molecule has 7 rings (SSSR count). The van der Waals surface area contributed by atoms with E-state index in [1.807, 2.05) is 24.5 Å². The highest BCUT2D eigenvalue weighted by molar-refractivity contribution is 6.10. The Balaban J connectivity index is 1.42. The lowest BCUT2D eigenvalue weighted by molar-refractivity contribution is 1.09. The third kappa shape index (κ3) is 3.82. The summed E-state index contributed by atoms with van der Waals surface area (Å²) < 4.78 is 2.41. The van der Waals surface area contributed by atoms with Gasteiger partial charge in [0, 0.05) is 28.9 Å². The molecule has 4 aromatic carbocycles. The van der Waals surface area contributed by atoms with Gasteiger partial charge in [-0.1, -0.05) is 84.9 Å². The molecule has 0 radical (unpaired) electrons. The molecule has 0 spiro atoms. The molecule has 3 nitrogen and oxygen atoms in total. The Labute approximate surface area is 228 Å². The van der Waals surface area contributed by atoms with Gasteiger partial charge in [-0.15, -0.1) is 0 Å². The van der Waals surface area contributed by atoms with E-state index in [4.69, 9.17) is 4.98 Å². The van der Waals surface area contributed by atoms with E-state index in [0.29, 0.717) is 0 Å². The molecule has 0 N–H and O–H groups in total. The molecule has 0 unspecified atom stereocenters. The van der Waals surface area contributed by atoms with Gasteiger partial charge >= 0.3 is 0 Å². The highest BCUT2D eigenvalue weighted by Crippen LogP contribution is 2.40. The second kappa shape index (κ2) is 9.38. The molecule has 7 aromatic rings. The first-order valence-electron chi connectivity index (χ1n) is 13.3. The van der Waals surface area contributed by atoms with Crippen molar-refractivity contribution in [3.63, 3.8) is 0 Å². The predicted octanol–water partition coefficient (Wildman–Crippen LogP) is 9.19. The van der Waals surface area contributed by atoms with Gasteiger partial charge in [0.05, 0.1) is 22.4 Å². The van der Waals surface area contributed by atoms with Gasteiger partial charge in [-0.05, 0) is 77.6 Å². The van der Waals surface area contributed by atoms with E-state index in [0.717, 1.165) is 33.1 Å². The molecule has 0 saturated carbocycles. The normalized spacial score (nSPS) is 11.3. The molecular formula is C36H27N3. The Morgan fingerprint density at radius 2 is 1.08 bits per heavy atom. The maximum atomic E-state index is 4.69. The Hall–Kier alpha value is -5.02. The van der Waals surface area contributed by atoms with Gasteiger partial charge in [0.1, 0.15) is 0 Å². The number of nitrogens with zero attached hydrogens (tertiary/aromatic N) is 3. The zero-order valence-electron chi connectivity index (χ0n) is 22.0. The van der Waals surface area contributed by atoms with E-state index in [1.54, 1.807) is 0 Å². The average molecular weight is 502 g/mol. The number of pyridine rings is 2. The van der Waals surface area contributed by atoms with Crippen molar-refractivity contribution in [1.82, 2.24) is 14.5 Å². The average Bonchev–Trinajstić information content (AvgIpc) is 3.27. The number of para-hydroxylation sites is 1. The van der Waals surface area contributed by atoms with Crippen molar-refractivity contribution in [2.45, 2.75) is 13.8 Å². The zero-order chi connectivity index (χ0) is 26.3. The topological polar surface area (TPSA) is 30.7 Å². The Kier molecular flexibility index (Phi) is 5.56. The van der Waals surface area contributed by atoms with Crippen molar-refractivity contribution in [3.05, 3.63) is 139 Å². The molecule has 0 amide bonds. The van der Waals surface area contributed by atoms with Gasteiger partial charge in [0.2, 0.25) is 0 Å². The van der Waals surface area contributed by atoms with Crippen LogP contribution in [0.4, 0.5) is 0 Å². The van der Waals surface area contributed by atoms with Crippen LogP contribution in [0.15, 0.2) is 128 Å². The molecule has 0 aliphatic rings. The molecule has 0 aliphatic heterocycles. The lowest BCUT2D eigenvalue weighted by atomic mass is 9.96. The SMILES string of the molecule is Cc1c(C)c(-c2ccc(-c3cc4cccnc4c4ncccc34)cc2)n(-c2ccccc2)c1-c1ccccc1. The maximum absolute atomic E-state index is 4.69. The van der Waals surface area contributed by atoms with Gasteiger partial charge < -0.3 is 4.57 Å². The molecule has 186 valence electrons. The van der Waals surface area contributed by atoms with Crippen LogP contribution in [0.25, 0.3) is 61.1 Å². The second-order valence-electron chi connectivity index (χ2n) is 9.96. The fraction of sp³-hybridized carbons (Fsp3) is 0.0556. The van der Waals surface area contributed by atoms with E-state index in [-0.39, 0.29) is 0 Å². The minimum Gasteiger partial charge on any atom is -0.309 e. The lowest BCUT2D eigenvalue weighted by Gasteiger charge is -2.16. The van der Waals surface area contributed by atoms with Crippen LogP contribution < -0.4 is 0 Å². The number of fused-ring (bicyclic) bond motifs is 3. The van der Waals surface area contributed by atoms with Crippen molar-refractivity contribution in [1.29, 1.82) is 0 Å². The lowest BCUT2D eigenvalue weighted by Crippen LogP contribution is -2.00. The first-order valence-corrected chi connectivity index (χ1v) is 13.3. The first kappa shape index (κ1) is 23.1. The predicted molar refractivity (Wildman–Crippen MR) is 162 cm³/mol. The highest BCUT2D eigenvalue weighted by Gasteiger charge is 2.21. The molecule has 0 saturated heterocycles. The number of aromatic nitrogens is 3. The van der Waals surface area contributed by atoms with Crippen LogP contribution in [0.3, 0.4) is 0 Å². The molecule has 0 fully saturated rings. The van der Waals surface area contributed by atoms with Gasteiger partial charge in [0.25, 0.3) is 0 Å². The summed E-state index contributed by atoms with van der Waals surface area (Å²) in [5, 5.41) is 2.21. The number of hydrogen-bond acceptors (Lipinski definition) is 2. The van der Waals surface area contributed by atoms with Crippen LogP contribution in [0.1, 0.15) is 11.1 Å². The van der Waals surface area contributed by atoms with E-state index in [9.17, 15) is 0 Å². The first-order chi connectivity index (χ1) is 19.2. The molecule has 3 aromatic heterocycles. The number of hydrogen-bond donors (Lipinski definition) is 0. The Bertz CT molecular complexity index is 1950. The summed E-state index contributed by atoms with van der Waals surface area (Å²) in [7, 11) is 0. The van der Waals surface area contributed by atoms with Gasteiger partial charge in [-0.2, -0.15) is 0 Å². The zero-order valence-corrected chi connectivity index (χ0v) is 22.0. The molecule has 0 bridgehead atoms. The van der Waals surface area contributed by atoms with E-state index in [1.165, 1.54) is 39.2 Å². The fourth-order valence-electron chi connectivity index (χ4n) is 5.75. The summed E-state index contributed by atoms with van der Waals surface area (Å²) in [6.45, 7) is 4.47. The van der Waals surface area contributed by atoms with E-state index >= 15 is 0 Å². The smallest absolute Gasteiger partial charge is 0.0970 e. The van der Waals surface area contributed by atoms with E-state index in [2.05, 4.69) is 127 Å². The van der Waals surface area contributed by atoms with Crippen molar-refractivity contribution in [3.8, 4) is 39.3 Å². The molecule has 0 aliphatic carbocycles. The number of benzene rings is 4. The minimum absolute atomic E-state index is 0.937. The van der Waals surface area contributed by atoms with Crippen molar-refractivity contribution >= 4 is 21.8 Å². The van der Waals surface area contributed by atoms with Crippen LogP contribution >= 0.6 is 0 Å². The fourth-order valence-corrected chi connectivity index (χ4v) is 5.75. The van der Waals surface area contributed by atoms with Crippen molar-refractivity contribution in [2.24, 2.45) is 0 Å². The Morgan fingerprint density at radius 3 is 1.77 bits per heavy atom. The van der Waals surface area contributed by atoms with Gasteiger partial charge in [-0.3, -0.25) is 9.97 Å². The summed E-state index contributed by atoms with van der Waals surface area (Å²) in [5.41, 5.74) is 12.8. The second-order valence-corrected chi connectivity index (χ2v) is 9.96.